The second kappa shape index (κ2) is 9.01. The Kier molecular flexibility index (Phi) is 6.96. The van der Waals surface area contributed by atoms with E-state index in [2.05, 4.69) is 9.72 Å². The minimum absolute atomic E-state index is 0.0518. The normalized spacial score (nSPS) is 10.6. The van der Waals surface area contributed by atoms with Crippen LogP contribution in [-0.4, -0.2) is 41.0 Å². The second-order valence-electron chi connectivity index (χ2n) is 6.51. The molecule has 2 rings (SSSR count). The van der Waals surface area contributed by atoms with Crippen LogP contribution in [0.25, 0.3) is 0 Å². The van der Waals surface area contributed by atoms with Crippen LogP contribution in [0.15, 0.2) is 12.1 Å². The Morgan fingerprint density at radius 2 is 1.82 bits per heavy atom. The molecule has 7 nitrogen and oxygen atoms in total. The van der Waals surface area contributed by atoms with Crippen LogP contribution in [-0.2, 0) is 20.8 Å². The van der Waals surface area contributed by atoms with E-state index < -0.39 is 12.6 Å². The molecule has 2 heterocycles. The fraction of sp³-hybridized carbons (Fsp3) is 0.400. The summed E-state index contributed by atoms with van der Waals surface area (Å²) in [6.07, 6.45) is 0.202. The van der Waals surface area contributed by atoms with Crippen LogP contribution >= 0.6 is 11.6 Å². The number of carbonyl (C=O) groups excluding carboxylic acids is 3. The summed E-state index contributed by atoms with van der Waals surface area (Å²) in [7, 11) is 1.33. The van der Waals surface area contributed by atoms with Gasteiger partial charge in [0.2, 0.25) is 5.78 Å². The molecule has 2 aromatic rings. The molecule has 0 bridgehead atoms. The van der Waals surface area contributed by atoms with E-state index in [1.54, 1.807) is 32.9 Å². The van der Waals surface area contributed by atoms with Crippen molar-refractivity contribution in [3.63, 3.8) is 0 Å². The first-order chi connectivity index (χ1) is 13.1. The van der Waals surface area contributed by atoms with Crippen molar-refractivity contribution >= 4 is 29.3 Å². The third-order valence-corrected chi connectivity index (χ3v) is 4.75. The van der Waals surface area contributed by atoms with Gasteiger partial charge < -0.3 is 14.0 Å². The lowest BCUT2D eigenvalue weighted by molar-refractivity contribution is -0.140. The molecule has 0 aliphatic heterocycles. The zero-order valence-electron chi connectivity index (χ0n) is 16.6. The van der Waals surface area contributed by atoms with Gasteiger partial charge in [-0.2, -0.15) is 0 Å². The van der Waals surface area contributed by atoms with Gasteiger partial charge in [-0.3, -0.25) is 9.59 Å². The van der Waals surface area contributed by atoms with Gasteiger partial charge in [0.05, 0.1) is 19.1 Å². The van der Waals surface area contributed by atoms with Crippen molar-refractivity contribution in [2.24, 2.45) is 0 Å². The summed E-state index contributed by atoms with van der Waals surface area (Å²) in [4.78, 5) is 40.3. The van der Waals surface area contributed by atoms with Gasteiger partial charge in [-0.25, -0.2) is 9.78 Å². The summed E-state index contributed by atoms with van der Waals surface area (Å²) in [6, 6.07) is 3.44. The van der Waals surface area contributed by atoms with Gasteiger partial charge in [0, 0.05) is 29.2 Å². The molecule has 0 saturated heterocycles. The summed E-state index contributed by atoms with van der Waals surface area (Å²) in [5, 5.41) is 0.0518. The van der Waals surface area contributed by atoms with Gasteiger partial charge in [-0.15, -0.1) is 0 Å². The van der Waals surface area contributed by atoms with E-state index in [1.807, 2.05) is 11.5 Å². The van der Waals surface area contributed by atoms with Gasteiger partial charge in [0.25, 0.3) is 0 Å². The number of nitrogens with zero attached hydrogens (tertiary/aromatic N) is 2. The Balaban J connectivity index is 2.10. The molecule has 0 atom stereocenters. The Labute approximate surface area is 168 Å². The van der Waals surface area contributed by atoms with Crippen molar-refractivity contribution in [2.45, 2.75) is 40.7 Å². The van der Waals surface area contributed by atoms with E-state index >= 15 is 0 Å². The SMILES string of the molecule is COC(=O)CCn1c(C)cc(C(=O)COC(=O)c2c(C)cc(C)nc2Cl)c1C. The molecule has 150 valence electrons. The number of esters is 2. The Bertz CT molecular complexity index is 910. The van der Waals surface area contributed by atoms with Crippen molar-refractivity contribution in [3.05, 3.63) is 51.1 Å². The predicted octanol–water partition coefficient (Wildman–Crippen LogP) is 3.37. The Hall–Kier alpha value is -2.67. The van der Waals surface area contributed by atoms with Gasteiger partial charge in [0.15, 0.2) is 6.61 Å². The highest BCUT2D eigenvalue weighted by Crippen LogP contribution is 2.21. The number of pyridine rings is 1. The Morgan fingerprint density at radius 1 is 1.14 bits per heavy atom. The maximum atomic E-state index is 12.6. The molecule has 0 radical (unpaired) electrons. The number of Topliss-reactive ketones (excluding diaryl/α,β-unsaturated/α-hetero) is 1. The number of hydrogen-bond donors (Lipinski definition) is 0. The number of ether oxygens (including phenoxy) is 2. The molecule has 0 N–H and O–H groups in total. The van der Waals surface area contributed by atoms with Gasteiger partial charge in [0.1, 0.15) is 5.15 Å². The molecule has 0 spiro atoms. The first-order valence-electron chi connectivity index (χ1n) is 8.73. The molecule has 0 aliphatic carbocycles. The quantitative estimate of drug-likeness (QED) is 0.398. The maximum absolute atomic E-state index is 12.6. The number of aryl methyl sites for hydroxylation is 3. The lowest BCUT2D eigenvalue weighted by atomic mass is 10.1. The highest BCUT2D eigenvalue weighted by atomic mass is 35.5. The van der Waals surface area contributed by atoms with Crippen LogP contribution in [0.2, 0.25) is 5.15 Å². The minimum atomic E-state index is -0.692. The summed E-state index contributed by atoms with van der Waals surface area (Å²) in [6.45, 7) is 7.12. The molecule has 0 saturated carbocycles. The van der Waals surface area contributed by atoms with Crippen molar-refractivity contribution in [2.75, 3.05) is 13.7 Å². The van der Waals surface area contributed by atoms with E-state index in [0.717, 1.165) is 5.69 Å². The van der Waals surface area contributed by atoms with E-state index in [-0.39, 0.29) is 28.9 Å². The predicted molar refractivity (Wildman–Crippen MR) is 104 cm³/mol. The number of rotatable bonds is 7. The van der Waals surface area contributed by atoms with E-state index in [9.17, 15) is 14.4 Å². The van der Waals surface area contributed by atoms with Crippen molar-refractivity contribution in [1.29, 1.82) is 0 Å². The van der Waals surface area contributed by atoms with Crippen LogP contribution < -0.4 is 0 Å². The third-order valence-electron chi connectivity index (χ3n) is 4.48. The first kappa shape index (κ1) is 21.6. The second-order valence-corrected chi connectivity index (χ2v) is 6.87. The highest BCUT2D eigenvalue weighted by molar-refractivity contribution is 6.32. The summed E-state index contributed by atoms with van der Waals surface area (Å²) in [5.74, 6) is -1.35. The van der Waals surface area contributed by atoms with Gasteiger partial charge in [-0.1, -0.05) is 11.6 Å². The summed E-state index contributed by atoms with van der Waals surface area (Å²) >= 11 is 6.05. The summed E-state index contributed by atoms with van der Waals surface area (Å²) in [5.41, 5.74) is 3.46. The lowest BCUT2D eigenvalue weighted by Crippen LogP contribution is -2.17. The fourth-order valence-electron chi connectivity index (χ4n) is 3.05. The highest BCUT2D eigenvalue weighted by Gasteiger charge is 2.21. The summed E-state index contributed by atoms with van der Waals surface area (Å²) < 4.78 is 11.7. The van der Waals surface area contributed by atoms with Crippen molar-refractivity contribution in [3.8, 4) is 0 Å². The molecule has 0 aliphatic rings. The van der Waals surface area contributed by atoms with Gasteiger partial charge in [-0.05, 0) is 45.4 Å². The van der Waals surface area contributed by atoms with Crippen LogP contribution in [0.1, 0.15) is 49.8 Å². The largest absolute Gasteiger partial charge is 0.469 e. The monoisotopic (exact) mass is 406 g/mol. The molecule has 0 aromatic carbocycles. The number of hydrogen-bond acceptors (Lipinski definition) is 6. The van der Waals surface area contributed by atoms with Crippen LogP contribution in [0.5, 0.6) is 0 Å². The zero-order chi connectivity index (χ0) is 21.0. The lowest BCUT2D eigenvalue weighted by Gasteiger charge is -2.10. The van der Waals surface area contributed by atoms with E-state index in [1.165, 1.54) is 7.11 Å². The Morgan fingerprint density at radius 3 is 2.43 bits per heavy atom. The molecule has 0 unspecified atom stereocenters. The standard InChI is InChI=1S/C20H23ClN2O5/c1-11-8-12(2)22-19(21)18(11)20(26)28-10-16(24)15-9-13(3)23(14(15)4)7-6-17(25)27-5/h8-9H,6-7,10H2,1-5H3. The number of carbonyl (C=O) groups is 3. The maximum Gasteiger partial charge on any atom is 0.342 e. The van der Waals surface area contributed by atoms with Crippen LogP contribution in [0.4, 0.5) is 0 Å². The third kappa shape index (κ3) is 4.78. The number of methoxy groups -OCH3 is 1. The first-order valence-corrected chi connectivity index (χ1v) is 9.11. The van der Waals surface area contributed by atoms with Crippen LogP contribution in [0.3, 0.4) is 0 Å². The number of halogens is 1. The average Bonchev–Trinajstić information content (AvgIpc) is 2.90. The molecule has 8 heteroatoms. The molecule has 28 heavy (non-hydrogen) atoms. The van der Waals surface area contributed by atoms with E-state index in [4.69, 9.17) is 16.3 Å². The smallest absolute Gasteiger partial charge is 0.342 e. The number of ketones is 1. The van der Waals surface area contributed by atoms with Crippen molar-refractivity contribution in [1.82, 2.24) is 9.55 Å². The molecular weight excluding hydrogens is 384 g/mol. The molecule has 0 amide bonds. The van der Waals surface area contributed by atoms with Crippen LogP contribution in [0, 0.1) is 27.7 Å². The molecule has 0 fully saturated rings. The number of aromatic nitrogens is 2. The topological polar surface area (TPSA) is 87.5 Å². The zero-order valence-corrected chi connectivity index (χ0v) is 17.3. The minimum Gasteiger partial charge on any atom is -0.469 e. The fourth-order valence-corrected chi connectivity index (χ4v) is 3.41. The molecular formula is C20H23ClN2O5. The van der Waals surface area contributed by atoms with Gasteiger partial charge >= 0.3 is 11.9 Å². The van der Waals surface area contributed by atoms with E-state index in [0.29, 0.717) is 29.1 Å². The van der Waals surface area contributed by atoms with Crippen molar-refractivity contribution < 1.29 is 23.9 Å². The average molecular weight is 407 g/mol. The molecule has 2 aromatic heterocycles.